The minimum atomic E-state index is -0.0885. The highest BCUT2D eigenvalue weighted by molar-refractivity contribution is 5.19. The van der Waals surface area contributed by atoms with Crippen LogP contribution in [0.3, 0.4) is 0 Å². The van der Waals surface area contributed by atoms with Crippen LogP contribution in [0.1, 0.15) is 13.8 Å². The molecular weight excluding hydrogens is 124 g/mol. The summed E-state index contributed by atoms with van der Waals surface area (Å²) in [5, 5.41) is 0. The van der Waals surface area contributed by atoms with Crippen molar-refractivity contribution in [3.8, 4) is 0 Å². The molecule has 0 bridgehead atoms. The first-order chi connectivity index (χ1) is 4.69. The van der Waals surface area contributed by atoms with Gasteiger partial charge in [0.25, 0.3) is 0 Å². The molecule has 1 heteroatoms. The maximum Gasteiger partial charge on any atom is 0.0893 e. The third kappa shape index (κ3) is 1.14. The van der Waals surface area contributed by atoms with Crippen LogP contribution < -0.4 is 0 Å². The van der Waals surface area contributed by atoms with E-state index >= 15 is 0 Å². The van der Waals surface area contributed by atoms with Crippen LogP contribution in [0, 0.1) is 5.92 Å². The molecule has 1 nitrogen and oxygen atoms in total. The van der Waals surface area contributed by atoms with Crippen LogP contribution in [0.4, 0.5) is 0 Å². The molecule has 0 aromatic heterocycles. The quantitative estimate of drug-likeness (QED) is 0.539. The SMILES string of the molecule is COC1(C)C=CC=CC1C. The highest BCUT2D eigenvalue weighted by Crippen LogP contribution is 2.26. The van der Waals surface area contributed by atoms with Crippen LogP contribution in [0.15, 0.2) is 24.3 Å². The molecule has 1 aliphatic rings. The molecule has 0 aromatic rings. The number of ether oxygens (including phenoxy) is 1. The summed E-state index contributed by atoms with van der Waals surface area (Å²) < 4.78 is 5.35. The lowest BCUT2D eigenvalue weighted by molar-refractivity contribution is 0.0182. The van der Waals surface area contributed by atoms with E-state index in [4.69, 9.17) is 4.74 Å². The van der Waals surface area contributed by atoms with Gasteiger partial charge in [0.15, 0.2) is 0 Å². The molecule has 1 rings (SSSR count). The fourth-order valence-corrected chi connectivity index (χ4v) is 1.07. The molecule has 0 aromatic carbocycles. The van der Waals surface area contributed by atoms with Gasteiger partial charge in [0, 0.05) is 13.0 Å². The first-order valence-corrected chi connectivity index (χ1v) is 3.60. The molecule has 2 unspecified atom stereocenters. The standard InChI is InChI=1S/C9H14O/c1-8-6-4-5-7-9(8,2)10-3/h4-8H,1-3H3. The maximum atomic E-state index is 5.35. The van der Waals surface area contributed by atoms with Gasteiger partial charge in [-0.3, -0.25) is 0 Å². The largest absolute Gasteiger partial charge is 0.374 e. The fraction of sp³-hybridized carbons (Fsp3) is 0.556. The molecule has 10 heavy (non-hydrogen) atoms. The molecule has 0 saturated heterocycles. The van der Waals surface area contributed by atoms with Crippen molar-refractivity contribution in [3.63, 3.8) is 0 Å². The van der Waals surface area contributed by atoms with Crippen LogP contribution in [-0.2, 0) is 4.74 Å². The Labute approximate surface area is 62.4 Å². The fourth-order valence-electron chi connectivity index (χ4n) is 1.07. The minimum absolute atomic E-state index is 0.0885. The van der Waals surface area contributed by atoms with E-state index in [1.54, 1.807) is 7.11 Å². The van der Waals surface area contributed by atoms with Gasteiger partial charge in [-0.25, -0.2) is 0 Å². The van der Waals surface area contributed by atoms with Gasteiger partial charge in [0.2, 0.25) is 0 Å². The smallest absolute Gasteiger partial charge is 0.0893 e. The average molecular weight is 138 g/mol. The van der Waals surface area contributed by atoms with E-state index in [2.05, 4.69) is 32.1 Å². The van der Waals surface area contributed by atoms with E-state index < -0.39 is 0 Å². The number of hydrogen-bond donors (Lipinski definition) is 0. The molecule has 0 spiro atoms. The lowest BCUT2D eigenvalue weighted by Crippen LogP contribution is -2.32. The van der Waals surface area contributed by atoms with Crippen molar-refractivity contribution in [2.75, 3.05) is 7.11 Å². The predicted molar refractivity (Wildman–Crippen MR) is 42.9 cm³/mol. The first kappa shape index (κ1) is 7.55. The van der Waals surface area contributed by atoms with Gasteiger partial charge >= 0.3 is 0 Å². The molecule has 0 fully saturated rings. The second-order valence-corrected chi connectivity index (χ2v) is 2.92. The van der Waals surface area contributed by atoms with Crippen molar-refractivity contribution in [3.05, 3.63) is 24.3 Å². The molecule has 0 radical (unpaired) electrons. The van der Waals surface area contributed by atoms with Crippen molar-refractivity contribution in [2.24, 2.45) is 5.92 Å². The Balaban J connectivity index is 2.77. The van der Waals surface area contributed by atoms with E-state index in [1.807, 2.05) is 6.08 Å². The monoisotopic (exact) mass is 138 g/mol. The van der Waals surface area contributed by atoms with E-state index in [1.165, 1.54) is 0 Å². The summed E-state index contributed by atoms with van der Waals surface area (Å²) in [7, 11) is 1.75. The van der Waals surface area contributed by atoms with Crippen molar-refractivity contribution in [2.45, 2.75) is 19.4 Å². The molecule has 1 aliphatic carbocycles. The number of rotatable bonds is 1. The second-order valence-electron chi connectivity index (χ2n) is 2.92. The lowest BCUT2D eigenvalue weighted by Gasteiger charge is -2.31. The number of methoxy groups -OCH3 is 1. The molecule has 0 amide bonds. The predicted octanol–water partition coefficient (Wildman–Crippen LogP) is 2.15. The third-order valence-electron chi connectivity index (χ3n) is 2.28. The second kappa shape index (κ2) is 2.59. The van der Waals surface area contributed by atoms with Crippen LogP contribution >= 0.6 is 0 Å². The maximum absolute atomic E-state index is 5.35. The molecular formula is C9H14O. The molecule has 2 atom stereocenters. The third-order valence-corrected chi connectivity index (χ3v) is 2.28. The zero-order valence-corrected chi connectivity index (χ0v) is 6.79. The van der Waals surface area contributed by atoms with Gasteiger partial charge in [-0.15, -0.1) is 0 Å². The Morgan fingerprint density at radius 2 is 2.10 bits per heavy atom. The van der Waals surface area contributed by atoms with Crippen molar-refractivity contribution in [1.82, 2.24) is 0 Å². The van der Waals surface area contributed by atoms with Crippen molar-refractivity contribution in [1.29, 1.82) is 0 Å². The molecule has 0 aliphatic heterocycles. The molecule has 0 N–H and O–H groups in total. The van der Waals surface area contributed by atoms with Gasteiger partial charge in [-0.05, 0) is 6.92 Å². The number of allylic oxidation sites excluding steroid dienone is 2. The van der Waals surface area contributed by atoms with Gasteiger partial charge in [-0.2, -0.15) is 0 Å². The molecule has 0 saturated carbocycles. The summed E-state index contributed by atoms with van der Waals surface area (Å²) >= 11 is 0. The van der Waals surface area contributed by atoms with E-state index in [0.29, 0.717) is 5.92 Å². The summed E-state index contributed by atoms with van der Waals surface area (Å²) in [5.41, 5.74) is -0.0885. The summed E-state index contributed by atoms with van der Waals surface area (Å²) in [6, 6.07) is 0. The van der Waals surface area contributed by atoms with Crippen molar-refractivity contribution < 1.29 is 4.74 Å². The Bertz CT molecular complexity index is 170. The van der Waals surface area contributed by atoms with Crippen LogP contribution in [0.2, 0.25) is 0 Å². The number of hydrogen-bond acceptors (Lipinski definition) is 1. The highest BCUT2D eigenvalue weighted by Gasteiger charge is 2.26. The van der Waals surface area contributed by atoms with Crippen LogP contribution in [-0.4, -0.2) is 12.7 Å². The van der Waals surface area contributed by atoms with Crippen LogP contribution in [0.25, 0.3) is 0 Å². The van der Waals surface area contributed by atoms with E-state index in [9.17, 15) is 0 Å². The zero-order chi connectivity index (χ0) is 7.61. The Morgan fingerprint density at radius 1 is 1.40 bits per heavy atom. The average Bonchev–Trinajstić information content (AvgIpc) is 1.96. The summed E-state index contributed by atoms with van der Waals surface area (Å²) in [5.74, 6) is 0.475. The Kier molecular flexibility index (Phi) is 1.95. The van der Waals surface area contributed by atoms with Crippen LogP contribution in [0.5, 0.6) is 0 Å². The van der Waals surface area contributed by atoms with Gasteiger partial charge < -0.3 is 4.74 Å². The molecule has 0 heterocycles. The van der Waals surface area contributed by atoms with Gasteiger partial charge in [0.1, 0.15) is 0 Å². The Hall–Kier alpha value is -0.560. The normalized spacial score (nSPS) is 38.5. The molecule has 56 valence electrons. The van der Waals surface area contributed by atoms with Crippen molar-refractivity contribution >= 4 is 0 Å². The van der Waals surface area contributed by atoms with E-state index in [-0.39, 0.29) is 5.60 Å². The topological polar surface area (TPSA) is 9.23 Å². The summed E-state index contributed by atoms with van der Waals surface area (Å²) in [6.07, 6.45) is 8.34. The minimum Gasteiger partial charge on any atom is -0.374 e. The summed E-state index contributed by atoms with van der Waals surface area (Å²) in [4.78, 5) is 0. The first-order valence-electron chi connectivity index (χ1n) is 3.60. The lowest BCUT2D eigenvalue weighted by atomic mass is 9.87. The van der Waals surface area contributed by atoms with Gasteiger partial charge in [-0.1, -0.05) is 31.2 Å². The zero-order valence-electron chi connectivity index (χ0n) is 6.79. The van der Waals surface area contributed by atoms with Gasteiger partial charge in [0.05, 0.1) is 5.60 Å². The van der Waals surface area contributed by atoms with E-state index in [0.717, 1.165) is 0 Å². The Morgan fingerprint density at radius 3 is 2.50 bits per heavy atom. The summed E-state index contributed by atoms with van der Waals surface area (Å²) in [6.45, 7) is 4.25. The highest BCUT2D eigenvalue weighted by atomic mass is 16.5.